The van der Waals surface area contributed by atoms with Crippen LogP contribution in [0.4, 0.5) is 0 Å². The van der Waals surface area contributed by atoms with E-state index in [1.807, 2.05) is 17.8 Å². The first-order chi connectivity index (χ1) is 9.02. The van der Waals surface area contributed by atoms with Crippen molar-refractivity contribution in [2.75, 3.05) is 17.3 Å². The van der Waals surface area contributed by atoms with Gasteiger partial charge in [-0.1, -0.05) is 6.92 Å². The molecule has 0 amide bonds. The molecule has 0 spiro atoms. The first-order valence-electron chi connectivity index (χ1n) is 6.45. The fourth-order valence-electron chi connectivity index (χ4n) is 2.00. The van der Waals surface area contributed by atoms with E-state index < -0.39 is 9.84 Å². The minimum Gasteiger partial charge on any atom is -0.293 e. The maximum atomic E-state index is 12.0. The van der Waals surface area contributed by atoms with Crippen LogP contribution in [0, 0.1) is 0 Å². The average molecular weight is 318 g/mol. The molecule has 19 heavy (non-hydrogen) atoms. The van der Waals surface area contributed by atoms with Crippen LogP contribution >= 0.6 is 23.1 Å². The van der Waals surface area contributed by atoms with Crippen molar-refractivity contribution in [2.45, 2.75) is 31.9 Å². The van der Waals surface area contributed by atoms with Crippen LogP contribution in [-0.2, 0) is 22.0 Å². The number of ketones is 1. The Morgan fingerprint density at radius 1 is 1.42 bits per heavy atom. The van der Waals surface area contributed by atoms with Gasteiger partial charge < -0.3 is 0 Å². The molecule has 0 saturated carbocycles. The van der Waals surface area contributed by atoms with Crippen molar-refractivity contribution < 1.29 is 13.2 Å². The molecule has 0 aliphatic carbocycles. The zero-order chi connectivity index (χ0) is 13.9. The third kappa shape index (κ3) is 4.07. The number of rotatable bonds is 6. The third-order valence-electron chi connectivity index (χ3n) is 3.20. The van der Waals surface area contributed by atoms with Gasteiger partial charge in [-0.25, -0.2) is 8.42 Å². The van der Waals surface area contributed by atoms with Gasteiger partial charge in [-0.3, -0.25) is 4.79 Å². The van der Waals surface area contributed by atoms with Crippen molar-refractivity contribution in [3.63, 3.8) is 0 Å². The molecule has 2 rings (SSSR count). The highest BCUT2D eigenvalue weighted by molar-refractivity contribution is 7.98. The molecule has 0 fully saturated rings. The van der Waals surface area contributed by atoms with E-state index in [1.54, 1.807) is 18.3 Å². The summed E-state index contributed by atoms with van der Waals surface area (Å²) in [5.41, 5.74) is 1.30. The summed E-state index contributed by atoms with van der Waals surface area (Å²) < 4.78 is 22.7. The number of hydrogen-bond acceptors (Lipinski definition) is 5. The molecule has 2 heterocycles. The molecule has 0 bridgehead atoms. The summed E-state index contributed by atoms with van der Waals surface area (Å²) in [7, 11) is -2.95. The van der Waals surface area contributed by atoms with E-state index in [9.17, 15) is 13.2 Å². The molecule has 1 aliphatic heterocycles. The second-order valence-electron chi connectivity index (χ2n) is 4.62. The van der Waals surface area contributed by atoms with E-state index in [1.165, 1.54) is 10.4 Å². The summed E-state index contributed by atoms with van der Waals surface area (Å²) in [5.74, 6) is 2.51. The van der Waals surface area contributed by atoms with Gasteiger partial charge in [0.15, 0.2) is 5.78 Å². The van der Waals surface area contributed by atoms with Gasteiger partial charge >= 0.3 is 0 Å². The summed E-state index contributed by atoms with van der Waals surface area (Å²) >= 11 is 3.50. The number of sulfone groups is 1. The molecule has 106 valence electrons. The largest absolute Gasteiger partial charge is 0.293 e. The second kappa shape index (κ2) is 6.41. The van der Waals surface area contributed by atoms with Crippen LogP contribution in [0.3, 0.4) is 0 Å². The number of thiophene rings is 1. The summed E-state index contributed by atoms with van der Waals surface area (Å²) in [6.07, 6.45) is 1.83. The Kier molecular flexibility index (Phi) is 5.09. The lowest BCUT2D eigenvalue weighted by molar-refractivity contribution is 0.0986. The number of fused-ring (bicyclic) bond motifs is 1. The summed E-state index contributed by atoms with van der Waals surface area (Å²) in [4.78, 5) is 14.2. The Morgan fingerprint density at radius 3 is 2.89 bits per heavy atom. The summed E-state index contributed by atoms with van der Waals surface area (Å²) in [5, 5.41) is 0. The summed E-state index contributed by atoms with van der Waals surface area (Å²) in [6.45, 7) is 1.64. The first kappa shape index (κ1) is 15.1. The third-order valence-corrected chi connectivity index (χ3v) is 7.28. The van der Waals surface area contributed by atoms with E-state index in [4.69, 9.17) is 0 Å². The predicted octanol–water partition coefficient (Wildman–Crippen LogP) is 2.94. The van der Waals surface area contributed by atoms with E-state index in [0.29, 0.717) is 12.8 Å². The SMILES string of the molecule is CCS(=O)(=O)CCCC(=O)c1cc2c(s1)CCSC2. The van der Waals surface area contributed by atoms with E-state index >= 15 is 0 Å². The van der Waals surface area contributed by atoms with Crippen molar-refractivity contribution in [1.29, 1.82) is 0 Å². The standard InChI is InChI=1S/C13H18O3S3/c1-2-19(15,16)7-3-4-11(14)13-8-10-9-17-6-5-12(10)18-13/h8H,2-7,9H2,1H3. The Bertz CT molecular complexity index is 534. The number of carbonyl (C=O) groups excluding carboxylic acids is 1. The highest BCUT2D eigenvalue weighted by atomic mass is 32.2. The molecule has 1 aromatic rings. The monoisotopic (exact) mass is 318 g/mol. The number of hydrogen-bond donors (Lipinski definition) is 0. The molecular weight excluding hydrogens is 300 g/mol. The van der Waals surface area contributed by atoms with Crippen LogP contribution < -0.4 is 0 Å². The van der Waals surface area contributed by atoms with Gasteiger partial charge in [-0.2, -0.15) is 11.8 Å². The van der Waals surface area contributed by atoms with Crippen molar-refractivity contribution in [3.05, 3.63) is 21.4 Å². The van der Waals surface area contributed by atoms with Gasteiger partial charge in [-0.05, 0) is 30.2 Å². The molecule has 0 saturated heterocycles. The quantitative estimate of drug-likeness (QED) is 0.757. The molecule has 6 heteroatoms. The maximum absolute atomic E-state index is 12.0. The van der Waals surface area contributed by atoms with Crippen LogP contribution in [0.25, 0.3) is 0 Å². The molecule has 1 aromatic heterocycles. The van der Waals surface area contributed by atoms with Gasteiger partial charge in [-0.15, -0.1) is 11.3 Å². The van der Waals surface area contributed by atoms with Gasteiger partial charge in [0, 0.05) is 22.8 Å². The zero-order valence-electron chi connectivity index (χ0n) is 11.0. The van der Waals surface area contributed by atoms with Crippen LogP contribution in [0.2, 0.25) is 0 Å². The van der Waals surface area contributed by atoms with Crippen LogP contribution in [-0.4, -0.2) is 31.5 Å². The molecule has 0 N–H and O–H groups in total. The molecule has 3 nitrogen and oxygen atoms in total. The Morgan fingerprint density at radius 2 is 2.21 bits per heavy atom. The molecule has 1 aliphatic rings. The highest BCUT2D eigenvalue weighted by Crippen LogP contribution is 2.32. The molecule has 0 radical (unpaired) electrons. The van der Waals surface area contributed by atoms with Gasteiger partial charge in [0.25, 0.3) is 0 Å². The minimum absolute atomic E-state index is 0.0932. The van der Waals surface area contributed by atoms with E-state index in [2.05, 4.69) is 0 Å². The van der Waals surface area contributed by atoms with Crippen molar-refractivity contribution in [1.82, 2.24) is 0 Å². The first-order valence-corrected chi connectivity index (χ1v) is 10.2. The van der Waals surface area contributed by atoms with Crippen LogP contribution in [0.5, 0.6) is 0 Å². The minimum atomic E-state index is -2.95. The smallest absolute Gasteiger partial charge is 0.172 e. The maximum Gasteiger partial charge on any atom is 0.172 e. The molecule has 0 aromatic carbocycles. The van der Waals surface area contributed by atoms with E-state index in [-0.39, 0.29) is 17.3 Å². The molecular formula is C13H18O3S3. The lowest BCUT2D eigenvalue weighted by atomic mass is 10.1. The van der Waals surface area contributed by atoms with Crippen molar-refractivity contribution in [2.24, 2.45) is 0 Å². The highest BCUT2D eigenvalue weighted by Gasteiger charge is 2.18. The zero-order valence-corrected chi connectivity index (χ0v) is 13.4. The predicted molar refractivity (Wildman–Crippen MR) is 82.1 cm³/mol. The van der Waals surface area contributed by atoms with Gasteiger partial charge in [0.2, 0.25) is 0 Å². The Hall–Kier alpha value is -0.330. The van der Waals surface area contributed by atoms with E-state index in [0.717, 1.165) is 22.8 Å². The molecule has 0 atom stereocenters. The van der Waals surface area contributed by atoms with Gasteiger partial charge in [0.05, 0.1) is 10.6 Å². The lowest BCUT2D eigenvalue weighted by Crippen LogP contribution is -2.10. The lowest BCUT2D eigenvalue weighted by Gasteiger charge is -2.08. The summed E-state index contributed by atoms with van der Waals surface area (Å²) in [6, 6.07) is 2.00. The number of thioether (sulfide) groups is 1. The fraction of sp³-hybridized carbons (Fsp3) is 0.615. The Labute approximate surface area is 122 Å². The number of aryl methyl sites for hydroxylation is 1. The Balaban J connectivity index is 1.91. The fourth-order valence-corrected chi connectivity index (χ4v) is 5.22. The topological polar surface area (TPSA) is 51.2 Å². The van der Waals surface area contributed by atoms with Crippen LogP contribution in [0.1, 0.15) is 39.9 Å². The van der Waals surface area contributed by atoms with Crippen LogP contribution in [0.15, 0.2) is 6.07 Å². The number of Topliss-reactive ketones (excluding diaryl/α,β-unsaturated/α-hetero) is 1. The van der Waals surface area contributed by atoms with Crippen molar-refractivity contribution in [3.8, 4) is 0 Å². The van der Waals surface area contributed by atoms with Crippen molar-refractivity contribution >= 4 is 38.7 Å². The molecule has 0 unspecified atom stereocenters. The van der Waals surface area contributed by atoms with Gasteiger partial charge in [0.1, 0.15) is 9.84 Å². The second-order valence-corrected chi connectivity index (χ2v) is 9.34. The average Bonchev–Trinajstić information content (AvgIpc) is 2.82. The number of carbonyl (C=O) groups is 1. The normalized spacial score (nSPS) is 15.2.